The van der Waals surface area contributed by atoms with Crippen LogP contribution in [-0.4, -0.2) is 38.1 Å². The van der Waals surface area contributed by atoms with Gasteiger partial charge in [-0.3, -0.25) is 0 Å². The second-order valence-corrected chi connectivity index (χ2v) is 4.34. The highest BCUT2D eigenvalue weighted by atomic mass is 19.4. The monoisotopic (exact) mass is 274 g/mol. The average molecular weight is 274 g/mol. The molecule has 0 aromatic heterocycles. The maximum absolute atomic E-state index is 12.6. The van der Waals surface area contributed by atoms with Gasteiger partial charge in [-0.05, 0) is 25.2 Å². The molecule has 0 aliphatic carbocycles. The van der Waals surface area contributed by atoms with Crippen LogP contribution in [0.15, 0.2) is 24.3 Å². The first-order valence-electron chi connectivity index (χ1n) is 6.57. The molecule has 2 rings (SSSR count). The fourth-order valence-corrected chi connectivity index (χ4v) is 1.94. The molecule has 1 aliphatic rings. The van der Waals surface area contributed by atoms with Crippen LogP contribution in [0.3, 0.4) is 0 Å². The number of nitrogens with zero attached hydrogens (tertiary/aromatic N) is 2. The summed E-state index contributed by atoms with van der Waals surface area (Å²) in [5.41, 5.74) is 0.0850. The summed E-state index contributed by atoms with van der Waals surface area (Å²) >= 11 is 0. The van der Waals surface area contributed by atoms with Crippen LogP contribution in [0.4, 0.5) is 18.9 Å². The maximum Gasteiger partial charge on any atom is 0.416 e. The molecule has 1 saturated heterocycles. The van der Waals surface area contributed by atoms with E-state index in [1.807, 2.05) is 25.8 Å². The van der Waals surface area contributed by atoms with Crippen molar-refractivity contribution in [3.8, 4) is 0 Å². The standard InChI is InChI=1S/C12H15F3N2.C2H6/c1-16-5-7-17(8-6-16)11-4-2-3-10(9-11)12(13,14)15;1-2/h2-4,9H,5-8H2,1H3;1-2H3. The van der Waals surface area contributed by atoms with Gasteiger partial charge in [-0.15, -0.1) is 0 Å². The fraction of sp³-hybridized carbons (Fsp3) is 0.571. The third-order valence-electron chi connectivity index (χ3n) is 3.04. The van der Waals surface area contributed by atoms with Gasteiger partial charge in [0.2, 0.25) is 0 Å². The number of hydrogen-bond donors (Lipinski definition) is 0. The Balaban J connectivity index is 0.000000861. The lowest BCUT2D eigenvalue weighted by atomic mass is 10.1. The van der Waals surface area contributed by atoms with Gasteiger partial charge in [0.05, 0.1) is 5.56 Å². The Morgan fingerprint density at radius 2 is 1.58 bits per heavy atom. The Morgan fingerprint density at radius 3 is 2.11 bits per heavy atom. The van der Waals surface area contributed by atoms with E-state index < -0.39 is 11.7 Å². The zero-order valence-electron chi connectivity index (χ0n) is 11.7. The van der Waals surface area contributed by atoms with Crippen molar-refractivity contribution in [2.75, 3.05) is 38.1 Å². The van der Waals surface area contributed by atoms with Crippen LogP contribution in [0.2, 0.25) is 0 Å². The molecule has 0 saturated carbocycles. The van der Waals surface area contributed by atoms with Crippen molar-refractivity contribution in [1.29, 1.82) is 0 Å². The molecule has 19 heavy (non-hydrogen) atoms. The molecule has 0 spiro atoms. The highest BCUT2D eigenvalue weighted by Gasteiger charge is 2.30. The Morgan fingerprint density at radius 1 is 1.00 bits per heavy atom. The number of benzene rings is 1. The van der Waals surface area contributed by atoms with E-state index in [1.165, 1.54) is 12.1 Å². The summed E-state index contributed by atoms with van der Waals surface area (Å²) in [5, 5.41) is 0. The number of likely N-dealkylation sites (N-methyl/N-ethyl adjacent to an activating group) is 1. The number of anilines is 1. The van der Waals surface area contributed by atoms with Crippen molar-refractivity contribution < 1.29 is 13.2 Å². The van der Waals surface area contributed by atoms with Gasteiger partial charge in [0.25, 0.3) is 0 Å². The molecule has 0 bridgehead atoms. The second kappa shape index (κ2) is 6.80. The Labute approximate surface area is 112 Å². The smallest absolute Gasteiger partial charge is 0.369 e. The van der Waals surface area contributed by atoms with E-state index in [-0.39, 0.29) is 0 Å². The van der Waals surface area contributed by atoms with Crippen molar-refractivity contribution in [2.45, 2.75) is 20.0 Å². The average Bonchev–Trinajstić information content (AvgIpc) is 2.41. The highest BCUT2D eigenvalue weighted by molar-refractivity contribution is 5.49. The molecule has 1 aromatic carbocycles. The van der Waals surface area contributed by atoms with Crippen LogP contribution in [0.25, 0.3) is 0 Å². The van der Waals surface area contributed by atoms with Crippen LogP contribution in [0.1, 0.15) is 19.4 Å². The van der Waals surface area contributed by atoms with Crippen LogP contribution < -0.4 is 4.90 Å². The van der Waals surface area contributed by atoms with E-state index >= 15 is 0 Å². The first-order chi connectivity index (χ1) is 8.97. The van der Waals surface area contributed by atoms with Gasteiger partial charge in [0, 0.05) is 31.9 Å². The van der Waals surface area contributed by atoms with E-state index in [4.69, 9.17) is 0 Å². The van der Waals surface area contributed by atoms with E-state index in [9.17, 15) is 13.2 Å². The van der Waals surface area contributed by atoms with E-state index in [1.54, 1.807) is 6.07 Å². The summed E-state index contributed by atoms with van der Waals surface area (Å²) in [7, 11) is 2.02. The van der Waals surface area contributed by atoms with Gasteiger partial charge in [-0.2, -0.15) is 13.2 Å². The summed E-state index contributed by atoms with van der Waals surface area (Å²) in [4.78, 5) is 4.17. The minimum atomic E-state index is -4.26. The van der Waals surface area contributed by atoms with Crippen molar-refractivity contribution >= 4 is 5.69 Å². The molecule has 0 atom stereocenters. The van der Waals surface area contributed by atoms with Gasteiger partial charge >= 0.3 is 6.18 Å². The van der Waals surface area contributed by atoms with Crippen molar-refractivity contribution in [3.05, 3.63) is 29.8 Å². The van der Waals surface area contributed by atoms with Gasteiger partial charge < -0.3 is 9.80 Å². The number of alkyl halides is 3. The van der Waals surface area contributed by atoms with Crippen molar-refractivity contribution in [3.63, 3.8) is 0 Å². The van der Waals surface area contributed by atoms with Crippen LogP contribution in [0.5, 0.6) is 0 Å². The number of piperazine rings is 1. The van der Waals surface area contributed by atoms with Gasteiger partial charge in [0.15, 0.2) is 0 Å². The molecule has 108 valence electrons. The van der Waals surface area contributed by atoms with Gasteiger partial charge in [-0.1, -0.05) is 19.9 Å². The molecule has 0 unspecified atom stereocenters. The number of hydrogen-bond acceptors (Lipinski definition) is 2. The summed E-state index contributed by atoms with van der Waals surface area (Å²) in [5.74, 6) is 0. The minimum Gasteiger partial charge on any atom is -0.369 e. The summed E-state index contributed by atoms with van der Waals surface area (Å²) in [6.45, 7) is 7.32. The van der Waals surface area contributed by atoms with Crippen LogP contribution in [-0.2, 0) is 6.18 Å². The minimum absolute atomic E-state index is 0.575. The van der Waals surface area contributed by atoms with E-state index in [0.29, 0.717) is 5.69 Å². The van der Waals surface area contributed by atoms with Crippen molar-refractivity contribution in [1.82, 2.24) is 4.90 Å². The SMILES string of the molecule is CC.CN1CCN(c2cccc(C(F)(F)F)c2)CC1. The molecule has 0 N–H and O–H groups in total. The molecule has 2 nitrogen and oxygen atoms in total. The predicted octanol–water partition coefficient (Wildman–Crippen LogP) is 3.48. The molecular formula is C14H21F3N2. The third kappa shape index (κ3) is 4.42. The lowest BCUT2D eigenvalue weighted by Gasteiger charge is -2.34. The molecule has 1 aromatic rings. The Bertz CT molecular complexity index is 383. The molecule has 1 aliphatic heterocycles. The Kier molecular flexibility index (Phi) is 5.66. The van der Waals surface area contributed by atoms with E-state index in [2.05, 4.69) is 4.90 Å². The zero-order valence-corrected chi connectivity index (χ0v) is 11.7. The molecule has 5 heteroatoms. The molecule has 0 radical (unpaired) electrons. The molecular weight excluding hydrogens is 253 g/mol. The summed E-state index contributed by atoms with van der Waals surface area (Å²) < 4.78 is 37.7. The lowest BCUT2D eigenvalue weighted by molar-refractivity contribution is -0.137. The summed E-state index contributed by atoms with van der Waals surface area (Å²) in [6, 6.07) is 5.54. The maximum atomic E-state index is 12.6. The van der Waals surface area contributed by atoms with Crippen molar-refractivity contribution in [2.24, 2.45) is 0 Å². The normalized spacial score (nSPS) is 16.8. The largest absolute Gasteiger partial charge is 0.416 e. The number of halogens is 3. The quantitative estimate of drug-likeness (QED) is 0.773. The fourth-order valence-electron chi connectivity index (χ4n) is 1.94. The van der Waals surface area contributed by atoms with Crippen LogP contribution in [0, 0.1) is 0 Å². The second-order valence-electron chi connectivity index (χ2n) is 4.34. The Hall–Kier alpha value is -1.23. The predicted molar refractivity (Wildman–Crippen MR) is 72.5 cm³/mol. The molecule has 1 fully saturated rings. The molecule has 1 heterocycles. The topological polar surface area (TPSA) is 6.48 Å². The van der Waals surface area contributed by atoms with Gasteiger partial charge in [-0.25, -0.2) is 0 Å². The van der Waals surface area contributed by atoms with Crippen LogP contribution >= 0.6 is 0 Å². The zero-order chi connectivity index (χ0) is 14.5. The van der Waals surface area contributed by atoms with E-state index in [0.717, 1.165) is 32.2 Å². The number of rotatable bonds is 1. The first kappa shape index (κ1) is 15.8. The first-order valence-corrected chi connectivity index (χ1v) is 6.57. The lowest BCUT2D eigenvalue weighted by Crippen LogP contribution is -2.44. The third-order valence-corrected chi connectivity index (χ3v) is 3.04. The van der Waals surface area contributed by atoms with Gasteiger partial charge in [0.1, 0.15) is 0 Å². The molecule has 0 amide bonds. The summed E-state index contributed by atoms with van der Waals surface area (Å²) in [6.07, 6.45) is -4.26. The highest BCUT2D eigenvalue weighted by Crippen LogP contribution is 2.31.